The Kier molecular flexibility index (Phi) is 2.82. The fraction of sp³-hybridized carbons (Fsp3) is 0.250. The molecule has 0 bridgehead atoms. The predicted molar refractivity (Wildman–Crippen MR) is 73.2 cm³/mol. The van der Waals surface area contributed by atoms with Crippen molar-refractivity contribution in [3.63, 3.8) is 0 Å². The first-order chi connectivity index (χ1) is 9.24. The Hall–Kier alpha value is -2.16. The van der Waals surface area contributed by atoms with E-state index in [1.807, 2.05) is 18.2 Å². The molecule has 0 fully saturated rings. The molecular formula is C16H16O3. The summed E-state index contributed by atoms with van der Waals surface area (Å²) >= 11 is 0. The Morgan fingerprint density at radius 1 is 1.00 bits per heavy atom. The lowest BCUT2D eigenvalue weighted by atomic mass is 9.73. The first kappa shape index (κ1) is 11.9. The summed E-state index contributed by atoms with van der Waals surface area (Å²) in [6.45, 7) is 0. The van der Waals surface area contributed by atoms with Crippen molar-refractivity contribution in [3.05, 3.63) is 53.1 Å². The molecule has 1 unspecified atom stereocenters. The number of phenolic OH excluding ortho intramolecular Hbond substituents is 1. The number of benzene rings is 2. The Morgan fingerprint density at radius 3 is 2.37 bits per heavy atom. The lowest BCUT2D eigenvalue weighted by Gasteiger charge is -2.33. The highest BCUT2D eigenvalue weighted by molar-refractivity contribution is 5.60. The number of hydrogen-bond acceptors (Lipinski definition) is 3. The summed E-state index contributed by atoms with van der Waals surface area (Å²) < 4.78 is 10.8. The average molecular weight is 256 g/mol. The second kappa shape index (κ2) is 4.50. The minimum atomic E-state index is 0.293. The molecule has 0 heterocycles. The monoisotopic (exact) mass is 256 g/mol. The normalized spacial score (nSPS) is 16.4. The molecule has 1 aliphatic carbocycles. The van der Waals surface area contributed by atoms with Crippen LogP contribution in [-0.4, -0.2) is 19.3 Å². The van der Waals surface area contributed by atoms with Gasteiger partial charge < -0.3 is 14.6 Å². The fourth-order valence-corrected chi connectivity index (χ4v) is 2.73. The van der Waals surface area contributed by atoms with Crippen LogP contribution in [0.3, 0.4) is 0 Å². The minimum Gasteiger partial charge on any atom is -0.508 e. The smallest absolute Gasteiger partial charge is 0.164 e. The number of aromatic hydroxyl groups is 1. The molecular weight excluding hydrogens is 240 g/mol. The number of rotatable bonds is 3. The first-order valence-corrected chi connectivity index (χ1v) is 6.27. The summed E-state index contributed by atoms with van der Waals surface area (Å²) in [4.78, 5) is 0. The molecule has 0 radical (unpaired) electrons. The first-order valence-electron chi connectivity index (χ1n) is 6.27. The van der Waals surface area contributed by atoms with Crippen LogP contribution >= 0.6 is 0 Å². The van der Waals surface area contributed by atoms with Crippen molar-refractivity contribution in [1.82, 2.24) is 0 Å². The van der Waals surface area contributed by atoms with Gasteiger partial charge in [0.25, 0.3) is 0 Å². The second-order valence-electron chi connectivity index (χ2n) is 4.72. The van der Waals surface area contributed by atoms with Crippen molar-refractivity contribution in [2.45, 2.75) is 12.3 Å². The fourth-order valence-electron chi connectivity index (χ4n) is 2.73. The van der Waals surface area contributed by atoms with Crippen LogP contribution in [0.15, 0.2) is 36.4 Å². The number of fused-ring (bicyclic) bond motifs is 1. The van der Waals surface area contributed by atoms with Gasteiger partial charge in [-0.1, -0.05) is 18.2 Å². The number of methoxy groups -OCH3 is 2. The van der Waals surface area contributed by atoms with Gasteiger partial charge in [0.05, 0.1) is 14.2 Å². The van der Waals surface area contributed by atoms with Crippen LogP contribution in [0.5, 0.6) is 17.2 Å². The molecule has 0 saturated carbocycles. The standard InChI is InChI=1S/C16H16O3/c1-18-14-8-5-11-9-13(15(11)16(14)19-2)10-3-6-12(17)7-4-10/h3-8,13,17H,9H2,1-2H3. The van der Waals surface area contributed by atoms with Crippen LogP contribution in [0.25, 0.3) is 0 Å². The molecule has 1 atom stereocenters. The van der Waals surface area contributed by atoms with Gasteiger partial charge in [0.15, 0.2) is 11.5 Å². The van der Waals surface area contributed by atoms with Gasteiger partial charge in [-0.05, 0) is 35.7 Å². The number of ether oxygens (including phenoxy) is 2. The van der Waals surface area contributed by atoms with Crippen molar-refractivity contribution in [1.29, 1.82) is 0 Å². The van der Waals surface area contributed by atoms with E-state index in [0.29, 0.717) is 11.7 Å². The Balaban J connectivity index is 2.04. The largest absolute Gasteiger partial charge is 0.508 e. The quantitative estimate of drug-likeness (QED) is 0.917. The van der Waals surface area contributed by atoms with E-state index in [-0.39, 0.29) is 0 Å². The van der Waals surface area contributed by atoms with E-state index in [0.717, 1.165) is 17.9 Å². The molecule has 3 rings (SSSR count). The van der Waals surface area contributed by atoms with Crippen molar-refractivity contribution < 1.29 is 14.6 Å². The van der Waals surface area contributed by atoms with Gasteiger partial charge in [-0.25, -0.2) is 0 Å². The van der Waals surface area contributed by atoms with E-state index < -0.39 is 0 Å². The zero-order chi connectivity index (χ0) is 13.4. The number of phenols is 1. The van der Waals surface area contributed by atoms with Crippen molar-refractivity contribution in [2.75, 3.05) is 14.2 Å². The van der Waals surface area contributed by atoms with Crippen molar-refractivity contribution >= 4 is 0 Å². The van der Waals surface area contributed by atoms with Gasteiger partial charge >= 0.3 is 0 Å². The third kappa shape index (κ3) is 1.82. The third-order valence-electron chi connectivity index (χ3n) is 3.74. The summed E-state index contributed by atoms with van der Waals surface area (Å²) in [5, 5.41) is 9.36. The van der Waals surface area contributed by atoms with Crippen LogP contribution in [0.4, 0.5) is 0 Å². The molecule has 2 aromatic carbocycles. The maximum Gasteiger partial charge on any atom is 0.164 e. The molecule has 2 aromatic rings. The van der Waals surface area contributed by atoms with Gasteiger partial charge in [0, 0.05) is 11.5 Å². The average Bonchev–Trinajstić information content (AvgIpc) is 2.41. The zero-order valence-corrected chi connectivity index (χ0v) is 11.0. The molecule has 0 amide bonds. The molecule has 0 aromatic heterocycles. The maximum atomic E-state index is 9.36. The molecule has 1 N–H and O–H groups in total. The summed E-state index contributed by atoms with van der Waals surface area (Å²) in [6.07, 6.45) is 1.00. The van der Waals surface area contributed by atoms with Crippen LogP contribution < -0.4 is 9.47 Å². The lowest BCUT2D eigenvalue weighted by Crippen LogP contribution is -2.19. The van der Waals surface area contributed by atoms with Gasteiger partial charge in [-0.2, -0.15) is 0 Å². The summed E-state index contributed by atoms with van der Waals surface area (Å²) in [5.41, 5.74) is 3.69. The highest BCUT2D eigenvalue weighted by Crippen LogP contribution is 2.49. The van der Waals surface area contributed by atoms with Crippen LogP contribution in [0.2, 0.25) is 0 Å². The van der Waals surface area contributed by atoms with Gasteiger partial charge in [-0.15, -0.1) is 0 Å². The van der Waals surface area contributed by atoms with Gasteiger partial charge in [-0.3, -0.25) is 0 Å². The molecule has 0 aliphatic heterocycles. The van der Waals surface area contributed by atoms with E-state index in [9.17, 15) is 5.11 Å². The van der Waals surface area contributed by atoms with E-state index >= 15 is 0 Å². The maximum absolute atomic E-state index is 9.36. The predicted octanol–water partition coefficient (Wildman–Crippen LogP) is 3.10. The molecule has 1 aliphatic rings. The highest BCUT2D eigenvalue weighted by Gasteiger charge is 2.32. The van der Waals surface area contributed by atoms with E-state index in [1.54, 1.807) is 26.4 Å². The van der Waals surface area contributed by atoms with E-state index in [2.05, 4.69) is 6.07 Å². The minimum absolute atomic E-state index is 0.293. The Morgan fingerprint density at radius 2 is 1.74 bits per heavy atom. The SMILES string of the molecule is COc1ccc2c(c1OC)C(c1ccc(O)cc1)C2. The summed E-state index contributed by atoms with van der Waals surface area (Å²) in [7, 11) is 3.32. The zero-order valence-electron chi connectivity index (χ0n) is 11.0. The molecule has 3 heteroatoms. The molecule has 19 heavy (non-hydrogen) atoms. The summed E-state index contributed by atoms with van der Waals surface area (Å²) in [6, 6.07) is 11.4. The van der Waals surface area contributed by atoms with Crippen LogP contribution in [0.1, 0.15) is 22.6 Å². The molecule has 0 spiro atoms. The highest BCUT2D eigenvalue weighted by atomic mass is 16.5. The van der Waals surface area contributed by atoms with Gasteiger partial charge in [0.1, 0.15) is 5.75 Å². The van der Waals surface area contributed by atoms with Crippen molar-refractivity contribution in [3.8, 4) is 17.2 Å². The lowest BCUT2D eigenvalue weighted by molar-refractivity contribution is 0.346. The molecule has 3 nitrogen and oxygen atoms in total. The van der Waals surface area contributed by atoms with E-state index in [4.69, 9.17) is 9.47 Å². The molecule has 0 saturated heterocycles. The Bertz CT molecular complexity index is 602. The topological polar surface area (TPSA) is 38.7 Å². The third-order valence-corrected chi connectivity index (χ3v) is 3.74. The van der Waals surface area contributed by atoms with Crippen molar-refractivity contribution in [2.24, 2.45) is 0 Å². The Labute approximate surface area is 112 Å². The second-order valence-corrected chi connectivity index (χ2v) is 4.72. The number of hydrogen-bond donors (Lipinski definition) is 1. The van der Waals surface area contributed by atoms with Crippen LogP contribution in [0, 0.1) is 0 Å². The summed E-state index contributed by atoms with van der Waals surface area (Å²) in [5.74, 6) is 2.20. The van der Waals surface area contributed by atoms with E-state index in [1.165, 1.54) is 16.7 Å². The van der Waals surface area contributed by atoms with Gasteiger partial charge in [0.2, 0.25) is 0 Å². The van der Waals surface area contributed by atoms with Crippen LogP contribution in [-0.2, 0) is 6.42 Å². The molecule has 98 valence electrons.